The number of rotatable bonds is 3. The molecule has 0 bridgehead atoms. The van der Waals surface area contributed by atoms with Crippen molar-refractivity contribution in [2.24, 2.45) is 0 Å². The van der Waals surface area contributed by atoms with Gasteiger partial charge in [-0.1, -0.05) is 39.0 Å². The molecule has 1 unspecified atom stereocenters. The smallest absolute Gasteiger partial charge is 0.344 e. The Bertz CT molecular complexity index is 746. The fourth-order valence-corrected chi connectivity index (χ4v) is 2.33. The second kappa shape index (κ2) is 6.86. The summed E-state index contributed by atoms with van der Waals surface area (Å²) in [5.41, 5.74) is 0.711. The zero-order valence-corrected chi connectivity index (χ0v) is 14.6. The minimum absolute atomic E-state index is 0.0236. The zero-order valence-electron chi connectivity index (χ0n) is 14.6. The highest BCUT2D eigenvalue weighted by atomic mass is 19.4. The van der Waals surface area contributed by atoms with Crippen LogP contribution in [0.3, 0.4) is 0 Å². The number of alkyl halides is 3. The van der Waals surface area contributed by atoms with Crippen molar-refractivity contribution in [2.45, 2.75) is 45.3 Å². The third-order valence-electron chi connectivity index (χ3n) is 3.87. The van der Waals surface area contributed by atoms with E-state index in [9.17, 15) is 18.0 Å². The van der Waals surface area contributed by atoms with Gasteiger partial charge in [0.1, 0.15) is 5.69 Å². The van der Waals surface area contributed by atoms with E-state index in [4.69, 9.17) is 0 Å². The molecule has 0 aliphatic carbocycles. The summed E-state index contributed by atoms with van der Waals surface area (Å²) in [5, 5.41) is 2.68. The average molecular weight is 350 g/mol. The van der Waals surface area contributed by atoms with Crippen LogP contribution < -0.4 is 5.32 Å². The molecule has 1 aromatic carbocycles. The number of hydrogen-bond acceptors (Lipinski definition) is 2. The SMILES string of the molecule is CC(NC(=O)c1ccc(C(C)(C)C)cc1)c1cccc(C(F)(F)F)n1. The summed E-state index contributed by atoms with van der Waals surface area (Å²) in [6, 6.07) is 10.2. The number of carbonyl (C=O) groups is 1. The van der Waals surface area contributed by atoms with Crippen LogP contribution in [0, 0.1) is 0 Å². The minimum atomic E-state index is -4.51. The number of carbonyl (C=O) groups excluding carboxylic acids is 1. The van der Waals surface area contributed by atoms with E-state index in [1.807, 2.05) is 12.1 Å². The van der Waals surface area contributed by atoms with E-state index in [2.05, 4.69) is 31.1 Å². The van der Waals surface area contributed by atoms with E-state index in [0.29, 0.717) is 5.56 Å². The second-order valence-corrected chi connectivity index (χ2v) is 6.97. The van der Waals surface area contributed by atoms with Crippen LogP contribution in [0.5, 0.6) is 0 Å². The van der Waals surface area contributed by atoms with Crippen LogP contribution in [0.1, 0.15) is 61.0 Å². The minimum Gasteiger partial charge on any atom is -0.344 e. The zero-order chi connectivity index (χ0) is 18.8. The Hall–Kier alpha value is -2.37. The van der Waals surface area contributed by atoms with E-state index < -0.39 is 17.9 Å². The number of benzene rings is 1. The Balaban J connectivity index is 2.12. The molecule has 2 aromatic rings. The second-order valence-electron chi connectivity index (χ2n) is 6.97. The first-order valence-electron chi connectivity index (χ1n) is 7.94. The topological polar surface area (TPSA) is 42.0 Å². The number of nitrogens with one attached hydrogen (secondary N) is 1. The van der Waals surface area contributed by atoms with Gasteiger partial charge >= 0.3 is 6.18 Å². The molecular weight excluding hydrogens is 329 g/mol. The van der Waals surface area contributed by atoms with Crippen molar-refractivity contribution in [2.75, 3.05) is 0 Å². The summed E-state index contributed by atoms with van der Waals surface area (Å²) in [4.78, 5) is 15.9. The van der Waals surface area contributed by atoms with Gasteiger partial charge in [0.15, 0.2) is 0 Å². The van der Waals surface area contributed by atoms with Gasteiger partial charge in [-0.3, -0.25) is 4.79 Å². The molecule has 0 saturated heterocycles. The maximum absolute atomic E-state index is 12.7. The first kappa shape index (κ1) is 19.0. The van der Waals surface area contributed by atoms with Crippen LogP contribution in [0.15, 0.2) is 42.5 Å². The number of nitrogens with zero attached hydrogens (tertiary/aromatic N) is 1. The molecule has 0 aliphatic heterocycles. The largest absolute Gasteiger partial charge is 0.433 e. The Kier molecular flexibility index (Phi) is 5.20. The van der Waals surface area contributed by atoms with Crippen LogP contribution in [-0.4, -0.2) is 10.9 Å². The molecule has 0 saturated carbocycles. The Morgan fingerprint density at radius 1 is 1.04 bits per heavy atom. The lowest BCUT2D eigenvalue weighted by molar-refractivity contribution is -0.141. The summed E-state index contributed by atoms with van der Waals surface area (Å²) in [7, 11) is 0. The van der Waals surface area contributed by atoms with Crippen molar-refractivity contribution < 1.29 is 18.0 Å². The maximum atomic E-state index is 12.7. The third kappa shape index (κ3) is 4.81. The molecule has 2 rings (SSSR count). The molecule has 0 radical (unpaired) electrons. The fraction of sp³-hybridized carbons (Fsp3) is 0.368. The summed E-state index contributed by atoms with van der Waals surface area (Å²) in [6.45, 7) is 7.82. The molecule has 1 atom stereocenters. The average Bonchev–Trinajstić information content (AvgIpc) is 2.53. The number of amides is 1. The lowest BCUT2D eigenvalue weighted by Gasteiger charge is -2.19. The van der Waals surface area contributed by atoms with Gasteiger partial charge in [0.05, 0.1) is 11.7 Å². The lowest BCUT2D eigenvalue weighted by atomic mass is 9.86. The van der Waals surface area contributed by atoms with E-state index in [1.165, 1.54) is 12.1 Å². The molecule has 1 aromatic heterocycles. The number of aromatic nitrogens is 1. The van der Waals surface area contributed by atoms with Crippen molar-refractivity contribution >= 4 is 5.91 Å². The van der Waals surface area contributed by atoms with Gasteiger partial charge in [0.25, 0.3) is 5.91 Å². The molecule has 6 heteroatoms. The van der Waals surface area contributed by atoms with E-state index in [-0.39, 0.29) is 17.0 Å². The molecule has 134 valence electrons. The van der Waals surface area contributed by atoms with Crippen molar-refractivity contribution in [1.29, 1.82) is 0 Å². The van der Waals surface area contributed by atoms with Gasteiger partial charge in [0, 0.05) is 5.56 Å². The van der Waals surface area contributed by atoms with Gasteiger partial charge in [-0.2, -0.15) is 13.2 Å². The van der Waals surface area contributed by atoms with E-state index in [1.54, 1.807) is 19.1 Å². The molecule has 25 heavy (non-hydrogen) atoms. The van der Waals surface area contributed by atoms with Gasteiger partial charge in [0.2, 0.25) is 0 Å². The van der Waals surface area contributed by atoms with Crippen LogP contribution in [0.25, 0.3) is 0 Å². The third-order valence-corrected chi connectivity index (χ3v) is 3.87. The molecule has 0 fully saturated rings. The predicted molar refractivity (Wildman–Crippen MR) is 90.3 cm³/mol. The molecular formula is C19H21F3N2O. The summed E-state index contributed by atoms with van der Waals surface area (Å²) in [5.74, 6) is -0.354. The summed E-state index contributed by atoms with van der Waals surface area (Å²) in [6.07, 6.45) is -4.51. The normalized spacial score (nSPS) is 13.4. The highest BCUT2D eigenvalue weighted by Crippen LogP contribution is 2.28. The van der Waals surface area contributed by atoms with E-state index >= 15 is 0 Å². The Labute approximate surface area is 145 Å². The maximum Gasteiger partial charge on any atom is 0.433 e. The van der Waals surface area contributed by atoms with Crippen molar-refractivity contribution in [3.05, 3.63) is 65.0 Å². The highest BCUT2D eigenvalue weighted by Gasteiger charge is 2.32. The molecule has 1 N–H and O–H groups in total. The molecule has 0 spiro atoms. The van der Waals surface area contributed by atoms with Gasteiger partial charge in [-0.15, -0.1) is 0 Å². The Morgan fingerprint density at radius 3 is 2.16 bits per heavy atom. The first-order chi connectivity index (χ1) is 11.5. The van der Waals surface area contributed by atoms with Crippen molar-refractivity contribution in [3.63, 3.8) is 0 Å². The molecule has 1 amide bonds. The Morgan fingerprint density at radius 2 is 1.64 bits per heavy atom. The van der Waals surface area contributed by atoms with Crippen LogP contribution in [-0.2, 0) is 11.6 Å². The standard InChI is InChI=1S/C19H21F3N2O/c1-12(15-6-5-7-16(24-15)19(20,21)22)23-17(25)13-8-10-14(11-9-13)18(2,3)4/h5-12H,1-4H3,(H,23,25). The molecule has 3 nitrogen and oxygen atoms in total. The first-order valence-corrected chi connectivity index (χ1v) is 7.94. The quantitative estimate of drug-likeness (QED) is 0.856. The number of pyridine rings is 1. The summed E-state index contributed by atoms with van der Waals surface area (Å²) < 4.78 is 38.2. The van der Waals surface area contributed by atoms with E-state index in [0.717, 1.165) is 11.6 Å². The highest BCUT2D eigenvalue weighted by molar-refractivity contribution is 5.94. The summed E-state index contributed by atoms with van der Waals surface area (Å²) >= 11 is 0. The van der Waals surface area contributed by atoms with Gasteiger partial charge in [-0.05, 0) is 42.2 Å². The van der Waals surface area contributed by atoms with Crippen molar-refractivity contribution in [1.82, 2.24) is 10.3 Å². The monoisotopic (exact) mass is 350 g/mol. The van der Waals surface area contributed by atoms with Gasteiger partial charge < -0.3 is 5.32 Å². The van der Waals surface area contributed by atoms with Crippen LogP contribution in [0.4, 0.5) is 13.2 Å². The number of halogens is 3. The molecule has 0 aliphatic rings. The van der Waals surface area contributed by atoms with Gasteiger partial charge in [-0.25, -0.2) is 4.98 Å². The van der Waals surface area contributed by atoms with Crippen molar-refractivity contribution in [3.8, 4) is 0 Å². The predicted octanol–water partition coefficient (Wildman–Crippen LogP) is 4.89. The molecule has 1 heterocycles. The number of hydrogen-bond donors (Lipinski definition) is 1. The lowest BCUT2D eigenvalue weighted by Crippen LogP contribution is -2.27. The van der Waals surface area contributed by atoms with Crippen LogP contribution >= 0.6 is 0 Å². The fourth-order valence-electron chi connectivity index (χ4n) is 2.33. The van der Waals surface area contributed by atoms with Crippen LogP contribution in [0.2, 0.25) is 0 Å².